The molecule has 5 aromatic rings. The molecule has 0 saturated heterocycles. The summed E-state index contributed by atoms with van der Waals surface area (Å²) in [5.74, 6) is 0. The maximum Gasteiger partial charge on any atom is 0.273 e. The number of benzene rings is 1. The number of nitrogens with zero attached hydrogens (tertiary/aromatic N) is 4. The Labute approximate surface area is 147 Å². The van der Waals surface area contributed by atoms with Gasteiger partial charge in [0.05, 0.1) is 22.5 Å². The summed E-state index contributed by atoms with van der Waals surface area (Å²) in [5.41, 5.74) is 5.28. The van der Waals surface area contributed by atoms with Gasteiger partial charge in [-0.15, -0.1) is 0 Å². The molecule has 0 radical (unpaired) electrons. The number of H-pyrrole nitrogens is 2. The highest BCUT2D eigenvalue weighted by Gasteiger charge is 2.13. The number of nitrogens with one attached hydrogen (secondary N) is 2. The molecule has 0 aliphatic carbocycles. The molecule has 7 nitrogen and oxygen atoms in total. The van der Waals surface area contributed by atoms with Crippen molar-refractivity contribution in [3.05, 3.63) is 70.9 Å². The standard InChI is InChI=1S/C19H14N6O/c1-11-13-8-12(5-6-16(13)24-23-11)17-9-18(26)25-19(22-17)14(10-21-25)15-4-2-3-7-20-15/h2-10,21H,1H3,(H,23,24). The monoisotopic (exact) mass is 342 g/mol. The summed E-state index contributed by atoms with van der Waals surface area (Å²) in [6.45, 7) is 1.97. The Balaban J connectivity index is 1.75. The van der Waals surface area contributed by atoms with Gasteiger partial charge in [-0.05, 0) is 31.2 Å². The van der Waals surface area contributed by atoms with E-state index < -0.39 is 0 Å². The molecule has 4 aromatic heterocycles. The minimum atomic E-state index is -0.170. The molecule has 7 heteroatoms. The molecule has 0 aliphatic rings. The molecule has 0 fully saturated rings. The quantitative estimate of drug-likeness (QED) is 0.516. The molecule has 5 rings (SSSR count). The van der Waals surface area contributed by atoms with Crippen molar-refractivity contribution in [3.8, 4) is 22.5 Å². The van der Waals surface area contributed by atoms with Gasteiger partial charge in [-0.2, -0.15) is 5.10 Å². The first-order valence-corrected chi connectivity index (χ1v) is 8.18. The zero-order chi connectivity index (χ0) is 17.7. The Morgan fingerprint density at radius 3 is 2.85 bits per heavy atom. The lowest BCUT2D eigenvalue weighted by Crippen LogP contribution is -2.14. The molecule has 1 aromatic carbocycles. The Morgan fingerprint density at radius 1 is 1.08 bits per heavy atom. The lowest BCUT2D eigenvalue weighted by molar-refractivity contribution is 0.901. The second kappa shape index (κ2) is 5.38. The number of aryl methyl sites for hydroxylation is 1. The second-order valence-corrected chi connectivity index (χ2v) is 6.12. The number of aromatic amines is 2. The third-order valence-electron chi connectivity index (χ3n) is 4.48. The van der Waals surface area contributed by atoms with E-state index >= 15 is 0 Å². The van der Waals surface area contributed by atoms with Crippen LogP contribution in [0.1, 0.15) is 5.69 Å². The normalized spacial score (nSPS) is 11.4. The van der Waals surface area contributed by atoms with Crippen LogP contribution in [0, 0.1) is 6.92 Å². The highest BCUT2D eigenvalue weighted by atomic mass is 16.1. The van der Waals surface area contributed by atoms with E-state index in [1.54, 1.807) is 12.4 Å². The molecule has 0 bridgehead atoms. The van der Waals surface area contributed by atoms with E-state index in [9.17, 15) is 4.79 Å². The number of rotatable bonds is 2. The van der Waals surface area contributed by atoms with Crippen molar-refractivity contribution in [2.75, 3.05) is 0 Å². The van der Waals surface area contributed by atoms with E-state index in [1.807, 2.05) is 43.3 Å². The summed E-state index contributed by atoms with van der Waals surface area (Å²) < 4.78 is 1.43. The van der Waals surface area contributed by atoms with Gasteiger partial charge in [0.25, 0.3) is 5.56 Å². The third kappa shape index (κ3) is 2.14. The van der Waals surface area contributed by atoms with E-state index in [-0.39, 0.29) is 5.56 Å². The van der Waals surface area contributed by atoms with Crippen LogP contribution in [0.2, 0.25) is 0 Å². The number of fused-ring (bicyclic) bond motifs is 2. The molecule has 0 aliphatic heterocycles. The van der Waals surface area contributed by atoms with Crippen LogP contribution in [-0.4, -0.2) is 29.8 Å². The molecular formula is C19H14N6O. The lowest BCUT2D eigenvalue weighted by atomic mass is 10.1. The molecule has 4 heterocycles. The maximum absolute atomic E-state index is 12.6. The molecule has 0 amide bonds. The van der Waals surface area contributed by atoms with E-state index in [2.05, 4.69) is 20.3 Å². The minimum absolute atomic E-state index is 0.170. The number of hydrogen-bond donors (Lipinski definition) is 2. The van der Waals surface area contributed by atoms with Crippen molar-refractivity contribution >= 4 is 16.6 Å². The molecule has 0 unspecified atom stereocenters. The largest absolute Gasteiger partial charge is 0.296 e. The Hall–Kier alpha value is -3.74. The van der Waals surface area contributed by atoms with E-state index in [1.165, 1.54) is 10.6 Å². The first kappa shape index (κ1) is 14.6. The number of pyridine rings is 1. The topological polar surface area (TPSA) is 91.7 Å². The molecule has 126 valence electrons. The smallest absolute Gasteiger partial charge is 0.273 e. The molecular weight excluding hydrogens is 328 g/mol. The van der Waals surface area contributed by atoms with Crippen molar-refractivity contribution in [1.82, 2.24) is 29.8 Å². The Morgan fingerprint density at radius 2 is 2.00 bits per heavy atom. The SMILES string of the molecule is Cc1[nH]nc2ccc(-c3cc(=O)n4[nH]cc(-c5ccccn5)c4n3)cc12. The summed E-state index contributed by atoms with van der Waals surface area (Å²) in [4.78, 5) is 21.6. The fourth-order valence-electron chi connectivity index (χ4n) is 3.14. The van der Waals surface area contributed by atoms with Crippen molar-refractivity contribution in [2.24, 2.45) is 0 Å². The van der Waals surface area contributed by atoms with Crippen LogP contribution in [0.4, 0.5) is 0 Å². The van der Waals surface area contributed by atoms with E-state index in [0.29, 0.717) is 11.3 Å². The summed E-state index contributed by atoms with van der Waals surface area (Å²) in [5, 5.41) is 11.2. The summed E-state index contributed by atoms with van der Waals surface area (Å²) in [7, 11) is 0. The van der Waals surface area contributed by atoms with Crippen LogP contribution in [0.3, 0.4) is 0 Å². The molecule has 2 N–H and O–H groups in total. The minimum Gasteiger partial charge on any atom is -0.296 e. The fraction of sp³-hybridized carbons (Fsp3) is 0.0526. The van der Waals surface area contributed by atoms with E-state index in [4.69, 9.17) is 4.98 Å². The van der Waals surface area contributed by atoms with Crippen LogP contribution >= 0.6 is 0 Å². The average Bonchev–Trinajstić information content (AvgIpc) is 3.26. The van der Waals surface area contributed by atoms with Crippen molar-refractivity contribution in [1.29, 1.82) is 0 Å². The van der Waals surface area contributed by atoms with Gasteiger partial charge in [0.2, 0.25) is 0 Å². The maximum atomic E-state index is 12.6. The zero-order valence-electron chi connectivity index (χ0n) is 13.9. The number of aromatic nitrogens is 6. The highest BCUT2D eigenvalue weighted by Crippen LogP contribution is 2.25. The third-order valence-corrected chi connectivity index (χ3v) is 4.48. The first-order valence-electron chi connectivity index (χ1n) is 8.18. The van der Waals surface area contributed by atoms with Gasteiger partial charge >= 0.3 is 0 Å². The fourth-order valence-corrected chi connectivity index (χ4v) is 3.14. The van der Waals surface area contributed by atoms with Gasteiger partial charge in [-0.25, -0.2) is 9.50 Å². The first-order chi connectivity index (χ1) is 12.7. The van der Waals surface area contributed by atoms with Gasteiger partial charge < -0.3 is 0 Å². The van der Waals surface area contributed by atoms with Crippen molar-refractivity contribution in [3.63, 3.8) is 0 Å². The van der Waals surface area contributed by atoms with Crippen molar-refractivity contribution < 1.29 is 0 Å². The zero-order valence-corrected chi connectivity index (χ0v) is 13.9. The highest BCUT2D eigenvalue weighted by molar-refractivity contribution is 5.86. The summed E-state index contributed by atoms with van der Waals surface area (Å²) in [6, 6.07) is 13.0. The molecule has 0 atom stereocenters. The van der Waals surface area contributed by atoms with Gasteiger partial charge in [0.15, 0.2) is 5.65 Å². The van der Waals surface area contributed by atoms with E-state index in [0.717, 1.165) is 33.4 Å². The van der Waals surface area contributed by atoms with Crippen LogP contribution < -0.4 is 5.56 Å². The molecule has 0 spiro atoms. The molecule has 26 heavy (non-hydrogen) atoms. The average molecular weight is 342 g/mol. The summed E-state index contributed by atoms with van der Waals surface area (Å²) >= 11 is 0. The van der Waals surface area contributed by atoms with Crippen LogP contribution in [0.25, 0.3) is 39.1 Å². The van der Waals surface area contributed by atoms with Gasteiger partial charge in [-0.1, -0.05) is 12.1 Å². The summed E-state index contributed by atoms with van der Waals surface area (Å²) in [6.07, 6.45) is 3.47. The van der Waals surface area contributed by atoms with Crippen molar-refractivity contribution in [2.45, 2.75) is 6.92 Å². The van der Waals surface area contributed by atoms with Crippen LogP contribution in [0.5, 0.6) is 0 Å². The Bertz CT molecular complexity index is 1310. The molecule has 0 saturated carbocycles. The van der Waals surface area contributed by atoms with Gasteiger partial charge in [0.1, 0.15) is 0 Å². The second-order valence-electron chi connectivity index (χ2n) is 6.12. The van der Waals surface area contributed by atoms with Crippen LogP contribution in [0.15, 0.2) is 59.7 Å². The van der Waals surface area contributed by atoms with Crippen LogP contribution in [-0.2, 0) is 0 Å². The number of hydrogen-bond acceptors (Lipinski definition) is 4. The van der Waals surface area contributed by atoms with Gasteiger partial charge in [0, 0.05) is 35.1 Å². The Kier molecular flexibility index (Phi) is 3.02. The predicted molar refractivity (Wildman–Crippen MR) is 98.9 cm³/mol. The predicted octanol–water partition coefficient (Wildman–Crippen LogP) is 2.94. The van der Waals surface area contributed by atoms with Gasteiger partial charge in [-0.3, -0.25) is 20.0 Å². The lowest BCUT2D eigenvalue weighted by Gasteiger charge is -2.03.